The summed E-state index contributed by atoms with van der Waals surface area (Å²) in [5, 5.41) is 11.8. The molecule has 0 spiro atoms. The molecule has 0 aliphatic carbocycles. The Bertz CT molecular complexity index is 1390. The number of alkyl halides is 3. The van der Waals surface area contributed by atoms with Crippen LogP contribution in [0.5, 0.6) is 0 Å². The molecule has 1 unspecified atom stereocenters. The largest absolute Gasteiger partial charge is 0.446 e. The van der Waals surface area contributed by atoms with Gasteiger partial charge in [-0.2, -0.15) is 23.4 Å². The zero-order valence-electron chi connectivity index (χ0n) is 18.7. The summed E-state index contributed by atoms with van der Waals surface area (Å²) in [7, 11) is -1.64. The molecule has 1 N–H and O–H groups in total. The number of rotatable bonds is 6. The Kier molecular flexibility index (Phi) is 6.54. The number of hydrogen-bond donors (Lipinski definition) is 1. The number of amides is 1. The van der Waals surface area contributed by atoms with Crippen molar-refractivity contribution in [2.75, 3.05) is 6.54 Å². The van der Waals surface area contributed by atoms with Crippen LogP contribution < -0.4 is 5.32 Å². The van der Waals surface area contributed by atoms with E-state index in [1.54, 1.807) is 22.5 Å². The molecule has 3 aromatic heterocycles. The lowest BCUT2D eigenvalue weighted by molar-refractivity contribution is -0.137. The molecule has 1 aromatic carbocycles. The van der Waals surface area contributed by atoms with Crippen LogP contribution in [-0.2, 0) is 28.5 Å². The summed E-state index contributed by atoms with van der Waals surface area (Å²) in [5.41, 5.74) is 0.958. The molecular weight excluding hydrogens is 495 g/mol. The Morgan fingerprint density at radius 2 is 2.00 bits per heavy atom. The average molecular weight is 516 g/mol. The highest BCUT2D eigenvalue weighted by Gasteiger charge is 2.36. The first kappa shape index (κ1) is 24.1. The van der Waals surface area contributed by atoms with Gasteiger partial charge in [-0.15, -0.1) is 0 Å². The molecule has 1 saturated heterocycles. The number of carbonyl (C=O) groups is 1. The third-order valence-electron chi connectivity index (χ3n) is 5.83. The lowest BCUT2D eigenvalue weighted by Gasteiger charge is -2.21. The van der Waals surface area contributed by atoms with E-state index in [9.17, 15) is 22.2 Å². The van der Waals surface area contributed by atoms with Crippen molar-refractivity contribution in [2.24, 2.45) is 0 Å². The summed E-state index contributed by atoms with van der Waals surface area (Å²) in [4.78, 5) is 16.8. The second kappa shape index (κ2) is 9.78. The zero-order chi connectivity index (χ0) is 25.3. The lowest BCUT2D eigenvalue weighted by Crippen LogP contribution is -2.43. The topological polar surface area (TPSA) is 101 Å². The van der Waals surface area contributed by atoms with Crippen molar-refractivity contribution < 1.29 is 26.6 Å². The van der Waals surface area contributed by atoms with Crippen LogP contribution in [0.25, 0.3) is 22.2 Å². The number of hydrogen-bond acceptors (Lipinski definition) is 6. The first-order valence-electron chi connectivity index (χ1n) is 11.1. The predicted molar refractivity (Wildman–Crippen MR) is 124 cm³/mol. The number of aromatic nitrogens is 3. The van der Waals surface area contributed by atoms with Crippen LogP contribution in [0, 0.1) is 0 Å². The maximum absolute atomic E-state index is 13.2. The quantitative estimate of drug-likeness (QED) is 0.415. The van der Waals surface area contributed by atoms with Crippen molar-refractivity contribution >= 4 is 27.9 Å². The number of pyridine rings is 1. The number of halogens is 3. The van der Waals surface area contributed by atoms with Crippen molar-refractivity contribution in [2.45, 2.75) is 36.7 Å². The van der Waals surface area contributed by atoms with E-state index in [0.717, 1.165) is 17.6 Å². The van der Waals surface area contributed by atoms with Crippen molar-refractivity contribution in [3.05, 3.63) is 72.2 Å². The van der Waals surface area contributed by atoms with E-state index in [1.807, 2.05) is 18.2 Å². The monoisotopic (exact) mass is 515 g/mol. The summed E-state index contributed by atoms with van der Waals surface area (Å²) in [5.74, 6) is -0.309. The van der Waals surface area contributed by atoms with Crippen LogP contribution >= 0.6 is 0 Å². The van der Waals surface area contributed by atoms with Gasteiger partial charge in [0.25, 0.3) is 0 Å². The molecule has 1 amide bonds. The zero-order valence-corrected chi connectivity index (χ0v) is 19.6. The number of furan rings is 1. The first-order valence-corrected chi connectivity index (χ1v) is 12.2. The summed E-state index contributed by atoms with van der Waals surface area (Å²) in [6, 6.07) is 12.3. The van der Waals surface area contributed by atoms with E-state index in [1.165, 1.54) is 12.3 Å². The number of para-hydroxylation sites is 1. The third kappa shape index (κ3) is 5.00. The van der Waals surface area contributed by atoms with Gasteiger partial charge in [0.05, 0.1) is 29.7 Å². The summed E-state index contributed by atoms with van der Waals surface area (Å²) in [6.45, 7) is 0.526. The average Bonchev–Trinajstić information content (AvgIpc) is 3.54. The molecule has 8 nitrogen and oxygen atoms in total. The molecule has 4 heterocycles. The van der Waals surface area contributed by atoms with Gasteiger partial charge in [-0.1, -0.05) is 18.2 Å². The van der Waals surface area contributed by atoms with Crippen LogP contribution in [0.3, 0.4) is 0 Å². The normalized spacial score (nSPS) is 17.4. The number of fused-ring (bicyclic) bond motifs is 1. The van der Waals surface area contributed by atoms with Gasteiger partial charge >= 0.3 is 6.18 Å². The van der Waals surface area contributed by atoms with Crippen molar-refractivity contribution in [1.82, 2.24) is 24.8 Å². The SMILES string of the molecule is O=C(NCc1cc(-c2ccc(C(F)(F)F)cn2)cnn1)[C@@H]1CCCN1S(=O)c1cc2ccccc2o1. The Hall–Kier alpha value is -3.64. The van der Waals surface area contributed by atoms with Gasteiger partial charge in [-0.3, -0.25) is 9.78 Å². The third-order valence-corrected chi connectivity index (χ3v) is 7.24. The van der Waals surface area contributed by atoms with Crippen LogP contribution in [-0.4, -0.2) is 42.2 Å². The Morgan fingerprint density at radius 3 is 2.75 bits per heavy atom. The molecule has 2 atom stereocenters. The summed E-state index contributed by atoms with van der Waals surface area (Å²) < 4.78 is 58.8. The minimum absolute atomic E-state index is 0.0436. The highest BCUT2D eigenvalue weighted by atomic mass is 32.2. The summed E-state index contributed by atoms with van der Waals surface area (Å²) >= 11 is 0. The molecule has 1 aliphatic heterocycles. The summed E-state index contributed by atoms with van der Waals surface area (Å²) in [6.07, 6.45) is -1.08. The van der Waals surface area contributed by atoms with Crippen LogP contribution in [0.15, 0.2) is 70.4 Å². The molecular formula is C24H20F3N5O3S. The van der Waals surface area contributed by atoms with E-state index in [-0.39, 0.29) is 12.5 Å². The number of carbonyl (C=O) groups excluding carboxylic acids is 1. The minimum atomic E-state index is -4.47. The van der Waals surface area contributed by atoms with Gasteiger partial charge in [0.2, 0.25) is 11.0 Å². The smallest absolute Gasteiger partial charge is 0.417 e. The maximum Gasteiger partial charge on any atom is 0.417 e. The predicted octanol–water partition coefficient (Wildman–Crippen LogP) is 4.11. The number of nitrogens with one attached hydrogen (secondary N) is 1. The van der Waals surface area contributed by atoms with Crippen LogP contribution in [0.2, 0.25) is 0 Å². The molecule has 12 heteroatoms. The Morgan fingerprint density at radius 1 is 1.17 bits per heavy atom. The maximum atomic E-state index is 13.2. The first-order chi connectivity index (χ1) is 17.3. The minimum Gasteiger partial charge on any atom is -0.446 e. The van der Waals surface area contributed by atoms with Crippen LogP contribution in [0.4, 0.5) is 13.2 Å². The second-order valence-electron chi connectivity index (χ2n) is 8.23. The molecule has 1 fully saturated rings. The van der Waals surface area contributed by atoms with Gasteiger partial charge in [-0.05, 0) is 37.1 Å². The van der Waals surface area contributed by atoms with E-state index in [4.69, 9.17) is 4.42 Å². The molecule has 0 saturated carbocycles. The van der Waals surface area contributed by atoms with Gasteiger partial charge in [-0.25, -0.2) is 8.51 Å². The molecule has 4 aromatic rings. The number of nitrogens with zero attached hydrogens (tertiary/aromatic N) is 4. The molecule has 0 bridgehead atoms. The van der Waals surface area contributed by atoms with Crippen molar-refractivity contribution in [3.63, 3.8) is 0 Å². The van der Waals surface area contributed by atoms with Crippen molar-refractivity contribution in [1.29, 1.82) is 0 Å². The Balaban J connectivity index is 1.25. The second-order valence-corrected chi connectivity index (χ2v) is 9.60. The van der Waals surface area contributed by atoms with Gasteiger partial charge in [0, 0.05) is 29.8 Å². The molecule has 36 heavy (non-hydrogen) atoms. The van der Waals surface area contributed by atoms with Gasteiger partial charge in [0.1, 0.15) is 11.6 Å². The van der Waals surface area contributed by atoms with Crippen LogP contribution in [0.1, 0.15) is 24.1 Å². The Labute approximate surface area is 206 Å². The van der Waals surface area contributed by atoms with E-state index < -0.39 is 28.8 Å². The molecule has 1 aliphatic rings. The number of benzene rings is 1. The fraction of sp³-hybridized carbons (Fsp3) is 0.250. The standard InChI is InChI=1S/C24H20F3N5O3S/c25-24(26,27)17-7-8-19(28-13-17)16-10-18(31-30-12-16)14-29-23(33)20-5-3-9-32(20)36(34)22-11-15-4-1-2-6-21(15)35-22/h1-2,4,6-8,10-13,20H,3,5,9,14H2,(H,29,33)/t20-,36?/m0/s1. The molecule has 5 rings (SSSR count). The fourth-order valence-corrected chi connectivity index (χ4v) is 5.37. The molecule has 0 radical (unpaired) electrons. The fourth-order valence-electron chi connectivity index (χ4n) is 4.02. The highest BCUT2D eigenvalue weighted by molar-refractivity contribution is 7.82. The van der Waals surface area contributed by atoms with E-state index in [0.29, 0.717) is 47.0 Å². The lowest BCUT2D eigenvalue weighted by atomic mass is 10.1. The van der Waals surface area contributed by atoms with Gasteiger partial charge < -0.3 is 9.73 Å². The van der Waals surface area contributed by atoms with E-state index in [2.05, 4.69) is 20.5 Å². The van der Waals surface area contributed by atoms with Gasteiger partial charge in [0.15, 0.2) is 11.0 Å². The van der Waals surface area contributed by atoms with E-state index >= 15 is 0 Å². The molecule has 186 valence electrons. The highest BCUT2D eigenvalue weighted by Crippen LogP contribution is 2.30. The van der Waals surface area contributed by atoms with Crippen molar-refractivity contribution in [3.8, 4) is 11.3 Å².